The molecule has 0 aliphatic rings. The minimum absolute atomic E-state index is 0.337. The summed E-state index contributed by atoms with van der Waals surface area (Å²) in [7, 11) is 2.52. The first-order valence-electron chi connectivity index (χ1n) is 9.04. The van der Waals surface area contributed by atoms with Crippen molar-refractivity contribution in [1.82, 2.24) is 0 Å². The molecule has 0 aliphatic heterocycles. The normalized spacial score (nSPS) is 12.2. The van der Waals surface area contributed by atoms with Gasteiger partial charge in [-0.2, -0.15) is 0 Å². The number of unbranched alkanes of at least 4 members (excludes halogenated alkanes) is 10. The zero-order chi connectivity index (χ0) is 15.1. The molecule has 0 amide bonds. The van der Waals surface area contributed by atoms with Crippen molar-refractivity contribution in [2.45, 2.75) is 90.9 Å². The molecule has 0 aromatic rings. The zero-order valence-corrected chi connectivity index (χ0v) is 16.9. The van der Waals surface area contributed by atoms with Crippen LogP contribution in [0.3, 0.4) is 0 Å². The molecule has 0 aromatic carbocycles. The fraction of sp³-hybridized carbons (Fsp3) is 1.00. The van der Waals surface area contributed by atoms with E-state index in [0.29, 0.717) is 21.5 Å². The van der Waals surface area contributed by atoms with E-state index >= 15 is 0 Å². The third-order valence-electron chi connectivity index (χ3n) is 4.36. The van der Waals surface area contributed by atoms with Crippen LogP contribution in [0.4, 0.5) is 0 Å². The Bertz CT molecular complexity index is 178. The van der Waals surface area contributed by atoms with Crippen molar-refractivity contribution in [3.8, 4) is 0 Å². The topological polar surface area (TPSA) is 0 Å². The molecule has 0 aromatic heterocycles. The van der Waals surface area contributed by atoms with Crippen molar-refractivity contribution in [1.29, 1.82) is 0 Å². The fourth-order valence-corrected chi connectivity index (χ4v) is 4.37. The average molecular weight is 397 g/mol. The maximum absolute atomic E-state index is 2.52. The third-order valence-corrected chi connectivity index (χ3v) is 7.66. The summed E-state index contributed by atoms with van der Waals surface area (Å²) < 4.78 is 1.42. The van der Waals surface area contributed by atoms with Gasteiger partial charge in [0.15, 0.2) is 0 Å². The Morgan fingerprint density at radius 3 is 1.30 bits per heavy atom. The van der Waals surface area contributed by atoms with Crippen molar-refractivity contribution in [2.24, 2.45) is 0 Å². The van der Waals surface area contributed by atoms with Gasteiger partial charge in [0.1, 0.15) is 0 Å². The number of nitrogens with zero attached hydrogens (tertiary/aromatic N) is 1. The summed E-state index contributed by atoms with van der Waals surface area (Å²) in [6, 6.07) is 0. The molecule has 0 saturated heterocycles. The number of quaternary nitrogens is 1. The van der Waals surface area contributed by atoms with Crippen LogP contribution in [0.5, 0.6) is 0 Å². The van der Waals surface area contributed by atoms with E-state index in [-0.39, 0.29) is 0 Å². The summed E-state index contributed by atoms with van der Waals surface area (Å²) in [6.07, 6.45) is 17.3. The molecule has 0 rings (SSSR count). The van der Waals surface area contributed by atoms with Crippen LogP contribution in [0.15, 0.2) is 0 Å². The van der Waals surface area contributed by atoms with Crippen LogP contribution in [0.2, 0.25) is 0 Å². The predicted octanol–water partition coefficient (Wildman–Crippen LogP) is 2.79. The molecule has 0 spiro atoms. The number of alkyl halides is 1. The van der Waals surface area contributed by atoms with E-state index in [4.69, 9.17) is 0 Å². The first kappa shape index (κ1) is 20.7. The Labute approximate surface area is 140 Å². The van der Waals surface area contributed by atoms with Gasteiger partial charge < -0.3 is 0 Å². The van der Waals surface area contributed by atoms with Crippen molar-refractivity contribution in [3.05, 3.63) is 0 Å². The van der Waals surface area contributed by atoms with Crippen LogP contribution in [0.25, 0.3) is 0 Å². The zero-order valence-electron chi connectivity index (χ0n) is 14.7. The summed E-state index contributed by atoms with van der Waals surface area (Å²) in [5.41, 5.74) is 0. The third kappa shape index (κ3) is 12.4. The molecular weight excluding hydrogens is 357 g/mol. The van der Waals surface area contributed by atoms with Crippen molar-refractivity contribution in [2.75, 3.05) is 25.1 Å². The molecule has 0 radical (unpaired) electrons. The summed E-state index contributed by atoms with van der Waals surface area (Å²) in [4.78, 5) is 2.48. The molecular formula is C18H40IN. The molecule has 0 heterocycles. The van der Waals surface area contributed by atoms with E-state index in [2.05, 4.69) is 25.8 Å². The molecule has 1 nitrogen and oxygen atoms in total. The Morgan fingerprint density at radius 1 is 0.600 bits per heavy atom. The van der Waals surface area contributed by atoms with Gasteiger partial charge in [0, 0.05) is 0 Å². The van der Waals surface area contributed by atoms with Gasteiger partial charge in [-0.1, -0.05) is 0 Å². The second-order valence-corrected chi connectivity index (χ2v) is 9.71. The average Bonchev–Trinajstić information content (AvgIpc) is 2.46. The molecule has 0 bridgehead atoms. The van der Waals surface area contributed by atoms with Crippen molar-refractivity contribution < 1.29 is 24.2 Å². The van der Waals surface area contributed by atoms with Crippen LogP contribution in [0.1, 0.15) is 90.9 Å². The molecule has 2 heteroatoms. The van der Waals surface area contributed by atoms with Crippen LogP contribution >= 0.6 is 0 Å². The van der Waals surface area contributed by atoms with E-state index in [1.807, 2.05) is 0 Å². The molecule has 0 atom stereocenters. The van der Waals surface area contributed by atoms with Gasteiger partial charge in [0.05, 0.1) is 0 Å². The fourth-order valence-electron chi connectivity index (χ4n) is 2.72. The van der Waals surface area contributed by atoms with Gasteiger partial charge in [-0.3, -0.25) is 0 Å². The van der Waals surface area contributed by atoms with Gasteiger partial charge in [-0.25, -0.2) is 0 Å². The quantitative estimate of drug-likeness (QED) is 0.173. The van der Waals surface area contributed by atoms with Gasteiger partial charge in [0.25, 0.3) is 0 Å². The number of hydrogen-bond donors (Lipinski definition) is 0. The number of halogens is 1. The number of hydrogen-bond acceptors (Lipinski definition) is 0. The monoisotopic (exact) mass is 397 g/mol. The summed E-state index contributed by atoms with van der Waals surface area (Å²) in [5, 5.41) is 0. The molecule has 0 N–H and O–H groups in total. The summed E-state index contributed by atoms with van der Waals surface area (Å²) in [5.74, 6) is 0. The Kier molecular flexibility index (Phi) is 15.1. The van der Waals surface area contributed by atoms with E-state index < -0.39 is 0 Å². The van der Waals surface area contributed by atoms with Crippen LogP contribution in [-0.4, -0.2) is 27.8 Å². The van der Waals surface area contributed by atoms with Gasteiger partial charge >= 0.3 is 140 Å². The second-order valence-electron chi connectivity index (χ2n) is 6.42. The second kappa shape index (κ2) is 14.6. The van der Waals surface area contributed by atoms with Crippen molar-refractivity contribution >= 4 is 0 Å². The molecule has 0 fully saturated rings. The predicted molar refractivity (Wildman–Crippen MR) is 88.6 cm³/mol. The van der Waals surface area contributed by atoms with Crippen LogP contribution in [0, 0.1) is 0 Å². The number of rotatable bonds is 15. The van der Waals surface area contributed by atoms with E-state index in [1.165, 1.54) is 92.8 Å². The summed E-state index contributed by atoms with van der Waals surface area (Å²) >= 11 is 0.337. The van der Waals surface area contributed by atoms with Gasteiger partial charge in [0.2, 0.25) is 0 Å². The van der Waals surface area contributed by atoms with E-state index in [9.17, 15) is 0 Å². The summed E-state index contributed by atoms with van der Waals surface area (Å²) in [6.45, 7) is 7.50. The first-order chi connectivity index (χ1) is 9.68. The molecule has 0 unspecified atom stereocenters. The minimum atomic E-state index is 0.337. The van der Waals surface area contributed by atoms with E-state index in [0.717, 1.165) is 0 Å². The first-order valence-corrected chi connectivity index (χ1v) is 12.2. The Balaban J connectivity index is 3.57. The van der Waals surface area contributed by atoms with Gasteiger partial charge in [-0.15, -0.1) is 0 Å². The molecule has 0 saturated carbocycles. The Hall–Kier alpha value is 0.690. The molecule has 124 valence electrons. The SMILES string of the molecule is CCCCCCCC[N+](C)(CCCCCCCC)[I-]C. The van der Waals surface area contributed by atoms with Gasteiger partial charge in [-0.05, 0) is 0 Å². The van der Waals surface area contributed by atoms with Crippen LogP contribution in [-0.2, 0) is 0 Å². The standard InChI is InChI=1S/C18H40IN/c1-5-7-9-11-13-15-17-20(4,19-3)18-16-14-12-10-8-6-2/h5-18H2,1-4H3. The maximum atomic E-state index is 2.52. The molecule has 0 aliphatic carbocycles. The van der Waals surface area contributed by atoms with Crippen LogP contribution < -0.4 is 21.5 Å². The Morgan fingerprint density at radius 2 is 0.950 bits per heavy atom. The molecule has 20 heavy (non-hydrogen) atoms. The van der Waals surface area contributed by atoms with E-state index in [1.54, 1.807) is 0 Å². The van der Waals surface area contributed by atoms with Crippen molar-refractivity contribution in [3.63, 3.8) is 0 Å².